The molecule has 0 aromatic carbocycles. The maximum absolute atomic E-state index is 10.4. The van der Waals surface area contributed by atoms with Gasteiger partial charge >= 0.3 is 0 Å². The molecule has 0 saturated carbocycles. The van der Waals surface area contributed by atoms with E-state index in [4.69, 9.17) is 10.5 Å². The van der Waals surface area contributed by atoms with E-state index >= 15 is 0 Å². The van der Waals surface area contributed by atoms with Crippen LogP contribution in [0.3, 0.4) is 0 Å². The van der Waals surface area contributed by atoms with Gasteiger partial charge in [-0.1, -0.05) is 0 Å². The Kier molecular flexibility index (Phi) is 5.37. The lowest BCUT2D eigenvalue weighted by Gasteiger charge is -1.97. The molecule has 0 aliphatic carbocycles. The van der Waals surface area contributed by atoms with Gasteiger partial charge in [0.05, 0.1) is 0 Å². The Morgan fingerprint density at radius 3 is 2.73 bits per heavy atom. The molecule has 0 aliphatic heterocycles. The van der Waals surface area contributed by atoms with Gasteiger partial charge in [-0.15, -0.1) is 0 Å². The maximum Gasteiger partial charge on any atom is 0.244 e. The van der Waals surface area contributed by atoms with Gasteiger partial charge in [-0.2, -0.15) is 0 Å². The third-order valence-corrected chi connectivity index (χ3v) is 1.08. The van der Waals surface area contributed by atoms with E-state index in [-0.39, 0.29) is 5.91 Å². The molecule has 0 aliphatic rings. The van der Waals surface area contributed by atoms with Gasteiger partial charge in [-0.3, -0.25) is 4.79 Å². The molecular weight excluding hydrogens is 144 g/mol. The molecule has 2 N–H and O–H groups in total. The molecule has 0 spiro atoms. The highest BCUT2D eigenvalue weighted by Crippen LogP contribution is 1.89. The van der Waals surface area contributed by atoms with Crippen LogP contribution in [-0.2, 0) is 9.53 Å². The number of rotatable bonds is 4. The first-order valence-corrected chi connectivity index (χ1v) is 3.49. The third kappa shape index (κ3) is 6.99. The van der Waals surface area contributed by atoms with E-state index in [1.54, 1.807) is 7.11 Å². The van der Waals surface area contributed by atoms with Crippen molar-refractivity contribution in [2.75, 3.05) is 13.7 Å². The Hall–Kier alpha value is -0.900. The van der Waals surface area contributed by atoms with Crippen molar-refractivity contribution in [3.8, 4) is 0 Å². The van der Waals surface area contributed by atoms with Crippen LogP contribution in [0.4, 0.5) is 0 Å². The topological polar surface area (TPSA) is 64.7 Å². The summed E-state index contributed by atoms with van der Waals surface area (Å²) in [4.78, 5) is 13.9. The minimum atomic E-state index is -0.250. The molecule has 64 valence electrons. The van der Waals surface area contributed by atoms with E-state index < -0.39 is 0 Å². The largest absolute Gasteiger partial charge is 0.387 e. The molecule has 0 aromatic rings. The van der Waals surface area contributed by atoms with Crippen molar-refractivity contribution in [1.29, 1.82) is 0 Å². The van der Waals surface area contributed by atoms with Gasteiger partial charge in [0.1, 0.15) is 5.84 Å². The Morgan fingerprint density at radius 2 is 2.27 bits per heavy atom. The molecule has 0 atom stereocenters. The molecular formula is C7H14N2O2. The highest BCUT2D eigenvalue weighted by Gasteiger charge is 1.93. The number of ether oxygens (including phenoxy) is 1. The summed E-state index contributed by atoms with van der Waals surface area (Å²) in [6, 6.07) is 0. The van der Waals surface area contributed by atoms with Crippen LogP contribution >= 0.6 is 0 Å². The van der Waals surface area contributed by atoms with Gasteiger partial charge in [0.2, 0.25) is 5.91 Å². The van der Waals surface area contributed by atoms with Gasteiger partial charge in [-0.05, 0) is 6.42 Å². The number of nitrogens with zero attached hydrogens (tertiary/aromatic N) is 1. The highest BCUT2D eigenvalue weighted by molar-refractivity contribution is 5.92. The summed E-state index contributed by atoms with van der Waals surface area (Å²) in [5.74, 6) is 0.134. The van der Waals surface area contributed by atoms with Crippen molar-refractivity contribution in [1.82, 2.24) is 0 Å². The van der Waals surface area contributed by atoms with E-state index in [1.807, 2.05) is 0 Å². The zero-order chi connectivity index (χ0) is 8.69. The van der Waals surface area contributed by atoms with Crippen molar-refractivity contribution < 1.29 is 9.53 Å². The standard InChI is InChI=1S/C7H14N2O2/c1-6(10)9-7(8)4-3-5-11-2/h3-5H2,1-2H3,(H2,8,9,10). The molecule has 4 nitrogen and oxygen atoms in total. The number of carbonyl (C=O) groups is 1. The SMILES string of the molecule is COCCCC(N)=NC(C)=O. The number of nitrogens with two attached hydrogens (primary N) is 1. The van der Waals surface area contributed by atoms with Crippen LogP contribution in [0, 0.1) is 0 Å². The van der Waals surface area contributed by atoms with Crippen molar-refractivity contribution in [3.63, 3.8) is 0 Å². The molecule has 0 rings (SSSR count). The second-order valence-corrected chi connectivity index (χ2v) is 2.22. The van der Waals surface area contributed by atoms with Crippen LogP contribution in [0.5, 0.6) is 0 Å². The van der Waals surface area contributed by atoms with Gasteiger partial charge in [0.25, 0.3) is 0 Å². The van der Waals surface area contributed by atoms with E-state index in [1.165, 1.54) is 6.92 Å². The highest BCUT2D eigenvalue weighted by atomic mass is 16.5. The van der Waals surface area contributed by atoms with E-state index in [0.717, 1.165) is 6.42 Å². The summed E-state index contributed by atoms with van der Waals surface area (Å²) < 4.78 is 4.80. The van der Waals surface area contributed by atoms with E-state index in [0.29, 0.717) is 18.9 Å². The first-order valence-electron chi connectivity index (χ1n) is 3.49. The fourth-order valence-corrected chi connectivity index (χ4v) is 0.656. The molecule has 1 amide bonds. The minimum Gasteiger partial charge on any atom is -0.387 e. The van der Waals surface area contributed by atoms with Crippen molar-refractivity contribution in [2.24, 2.45) is 10.7 Å². The lowest BCUT2D eigenvalue weighted by molar-refractivity contribution is -0.115. The van der Waals surface area contributed by atoms with Gasteiger partial charge < -0.3 is 10.5 Å². The maximum atomic E-state index is 10.4. The van der Waals surface area contributed by atoms with Crippen LogP contribution in [0.25, 0.3) is 0 Å². The number of aliphatic imine (C=N–C) groups is 1. The number of amidine groups is 1. The van der Waals surface area contributed by atoms with Crippen molar-refractivity contribution in [3.05, 3.63) is 0 Å². The predicted octanol–water partition coefficient (Wildman–Crippen LogP) is 0.317. The lowest BCUT2D eigenvalue weighted by atomic mass is 10.3. The Balaban J connectivity index is 3.51. The van der Waals surface area contributed by atoms with E-state index in [9.17, 15) is 4.79 Å². The molecule has 11 heavy (non-hydrogen) atoms. The summed E-state index contributed by atoms with van der Waals surface area (Å²) in [5.41, 5.74) is 5.39. The first-order chi connectivity index (χ1) is 5.16. The third-order valence-electron chi connectivity index (χ3n) is 1.08. The summed E-state index contributed by atoms with van der Waals surface area (Å²) in [7, 11) is 1.62. The van der Waals surface area contributed by atoms with Gasteiger partial charge in [-0.25, -0.2) is 4.99 Å². The van der Waals surface area contributed by atoms with Gasteiger partial charge in [0, 0.05) is 27.1 Å². The Morgan fingerprint density at radius 1 is 1.64 bits per heavy atom. The minimum absolute atomic E-state index is 0.250. The summed E-state index contributed by atoms with van der Waals surface area (Å²) >= 11 is 0. The average Bonchev–Trinajstić information content (AvgIpc) is 1.86. The number of amides is 1. The smallest absolute Gasteiger partial charge is 0.244 e. The second kappa shape index (κ2) is 5.85. The normalized spacial score (nSPS) is 11.6. The predicted molar refractivity (Wildman–Crippen MR) is 43.4 cm³/mol. The lowest BCUT2D eigenvalue weighted by Crippen LogP contribution is -2.13. The molecule has 0 bridgehead atoms. The number of carbonyl (C=O) groups excluding carboxylic acids is 1. The molecule has 4 heteroatoms. The molecule has 0 fully saturated rings. The van der Waals surface area contributed by atoms with Crippen LogP contribution in [0.2, 0.25) is 0 Å². The summed E-state index contributed by atoms with van der Waals surface area (Å²) in [6.45, 7) is 2.03. The number of methoxy groups -OCH3 is 1. The fraction of sp³-hybridized carbons (Fsp3) is 0.714. The average molecular weight is 158 g/mol. The van der Waals surface area contributed by atoms with Gasteiger partial charge in [0.15, 0.2) is 0 Å². The molecule has 0 heterocycles. The summed E-state index contributed by atoms with van der Waals surface area (Å²) in [6.07, 6.45) is 1.42. The Bertz CT molecular complexity index is 155. The first kappa shape index (κ1) is 10.1. The molecule has 0 aromatic heterocycles. The summed E-state index contributed by atoms with van der Waals surface area (Å²) in [5, 5.41) is 0. The van der Waals surface area contributed by atoms with Crippen LogP contribution in [-0.4, -0.2) is 25.5 Å². The van der Waals surface area contributed by atoms with E-state index in [2.05, 4.69) is 4.99 Å². The monoisotopic (exact) mass is 158 g/mol. The quantitative estimate of drug-likeness (QED) is 0.364. The zero-order valence-corrected chi connectivity index (χ0v) is 6.96. The molecule has 0 radical (unpaired) electrons. The fourth-order valence-electron chi connectivity index (χ4n) is 0.656. The van der Waals surface area contributed by atoms with Crippen molar-refractivity contribution in [2.45, 2.75) is 19.8 Å². The zero-order valence-electron chi connectivity index (χ0n) is 6.96. The second-order valence-electron chi connectivity index (χ2n) is 2.22. The molecule has 0 unspecified atom stereocenters. The van der Waals surface area contributed by atoms with Crippen LogP contribution in [0.1, 0.15) is 19.8 Å². The van der Waals surface area contributed by atoms with Crippen LogP contribution < -0.4 is 5.73 Å². The van der Waals surface area contributed by atoms with Crippen LogP contribution in [0.15, 0.2) is 4.99 Å². The molecule has 0 saturated heterocycles. The Labute approximate surface area is 66.4 Å². The number of hydrogen-bond acceptors (Lipinski definition) is 2. The van der Waals surface area contributed by atoms with Crippen molar-refractivity contribution >= 4 is 11.7 Å². The number of hydrogen-bond donors (Lipinski definition) is 1.